The fraction of sp³-hybridized carbons (Fsp3) is 0.929. The highest BCUT2D eigenvalue weighted by Crippen LogP contribution is 2.21. The summed E-state index contributed by atoms with van der Waals surface area (Å²) in [5.41, 5.74) is 0. The molecule has 0 amide bonds. The van der Waals surface area contributed by atoms with Crippen LogP contribution in [0.5, 0.6) is 0 Å². The van der Waals surface area contributed by atoms with Gasteiger partial charge in [-0.15, -0.1) is 0 Å². The van der Waals surface area contributed by atoms with E-state index < -0.39 is 0 Å². The number of likely N-dealkylation sites (N-methyl/N-ethyl adjacent to an activating group) is 1. The number of rotatable bonds is 2. The molecule has 0 aromatic heterocycles. The highest BCUT2D eigenvalue weighted by atomic mass is 15.4. The van der Waals surface area contributed by atoms with Crippen molar-refractivity contribution in [2.24, 2.45) is 10.9 Å². The molecule has 3 heterocycles. The largest absolute Gasteiger partial charge is 0.344 e. The van der Waals surface area contributed by atoms with E-state index in [4.69, 9.17) is 0 Å². The Labute approximate surface area is 111 Å². The smallest absolute Gasteiger partial charge is 0.196 e. The van der Waals surface area contributed by atoms with Crippen molar-refractivity contribution in [3.8, 4) is 0 Å². The van der Waals surface area contributed by atoms with Crippen molar-refractivity contribution in [1.29, 1.82) is 0 Å². The molecule has 0 N–H and O–H groups in total. The third kappa shape index (κ3) is 2.63. The second kappa shape index (κ2) is 5.47. The fourth-order valence-corrected chi connectivity index (χ4v) is 3.51. The second-order valence-electron chi connectivity index (χ2n) is 6.04. The SMILES string of the molecule is CN1CCN=C1N1CCC(CN2CCCC2)CC1. The topological polar surface area (TPSA) is 22.1 Å². The molecule has 0 atom stereocenters. The van der Waals surface area contributed by atoms with Crippen LogP contribution in [0.2, 0.25) is 0 Å². The number of nitrogens with zero attached hydrogens (tertiary/aromatic N) is 4. The maximum Gasteiger partial charge on any atom is 0.196 e. The molecule has 3 aliphatic heterocycles. The molecular weight excluding hydrogens is 224 g/mol. The molecule has 2 saturated heterocycles. The summed E-state index contributed by atoms with van der Waals surface area (Å²) in [6, 6.07) is 0. The van der Waals surface area contributed by atoms with Gasteiger partial charge in [-0.25, -0.2) is 0 Å². The zero-order valence-corrected chi connectivity index (χ0v) is 11.6. The lowest BCUT2D eigenvalue weighted by Gasteiger charge is -2.36. The van der Waals surface area contributed by atoms with Gasteiger partial charge in [0, 0.05) is 33.2 Å². The van der Waals surface area contributed by atoms with Crippen molar-refractivity contribution in [2.45, 2.75) is 25.7 Å². The molecule has 3 aliphatic rings. The van der Waals surface area contributed by atoms with Crippen LogP contribution in [0, 0.1) is 5.92 Å². The van der Waals surface area contributed by atoms with Gasteiger partial charge in [-0.05, 0) is 44.7 Å². The summed E-state index contributed by atoms with van der Waals surface area (Å²) in [4.78, 5) is 12.1. The van der Waals surface area contributed by atoms with Gasteiger partial charge in [0.1, 0.15) is 0 Å². The molecule has 0 radical (unpaired) electrons. The molecule has 0 spiro atoms. The Morgan fingerprint density at radius 3 is 2.39 bits per heavy atom. The van der Waals surface area contributed by atoms with Crippen molar-refractivity contribution >= 4 is 5.96 Å². The van der Waals surface area contributed by atoms with E-state index in [0.29, 0.717) is 0 Å². The Bertz CT molecular complexity index is 301. The minimum Gasteiger partial charge on any atom is -0.344 e. The summed E-state index contributed by atoms with van der Waals surface area (Å²) < 4.78 is 0. The molecule has 0 unspecified atom stereocenters. The van der Waals surface area contributed by atoms with Crippen LogP contribution in [-0.2, 0) is 0 Å². The minimum atomic E-state index is 0.923. The zero-order valence-electron chi connectivity index (χ0n) is 11.6. The summed E-state index contributed by atoms with van der Waals surface area (Å²) in [5.74, 6) is 2.17. The number of piperidine rings is 1. The van der Waals surface area contributed by atoms with Crippen LogP contribution >= 0.6 is 0 Å². The van der Waals surface area contributed by atoms with E-state index in [2.05, 4.69) is 26.7 Å². The Hall–Kier alpha value is -0.770. The number of hydrogen-bond donors (Lipinski definition) is 0. The van der Waals surface area contributed by atoms with Crippen molar-refractivity contribution in [2.75, 3.05) is 52.9 Å². The number of hydrogen-bond acceptors (Lipinski definition) is 4. The van der Waals surface area contributed by atoms with Gasteiger partial charge in [0.25, 0.3) is 0 Å². The van der Waals surface area contributed by atoms with Crippen LogP contribution in [0.3, 0.4) is 0 Å². The monoisotopic (exact) mass is 250 g/mol. The molecule has 0 aromatic carbocycles. The van der Waals surface area contributed by atoms with Crippen LogP contribution in [0.25, 0.3) is 0 Å². The highest BCUT2D eigenvalue weighted by molar-refractivity contribution is 5.81. The molecule has 4 heteroatoms. The molecule has 18 heavy (non-hydrogen) atoms. The lowest BCUT2D eigenvalue weighted by atomic mass is 9.96. The summed E-state index contributed by atoms with van der Waals surface area (Å²) in [7, 11) is 2.17. The molecule has 0 saturated carbocycles. The Morgan fingerprint density at radius 2 is 1.78 bits per heavy atom. The number of likely N-dealkylation sites (tertiary alicyclic amines) is 2. The van der Waals surface area contributed by atoms with E-state index in [0.717, 1.165) is 19.0 Å². The third-order valence-corrected chi connectivity index (χ3v) is 4.64. The number of guanidine groups is 1. The van der Waals surface area contributed by atoms with Gasteiger partial charge < -0.3 is 14.7 Å². The Kier molecular flexibility index (Phi) is 3.73. The van der Waals surface area contributed by atoms with E-state index in [1.807, 2.05) is 0 Å². The standard InChI is InChI=1S/C14H26N4/c1-16-11-6-15-14(16)18-9-4-13(5-10-18)12-17-7-2-3-8-17/h13H,2-12H2,1H3. The molecular formula is C14H26N4. The Morgan fingerprint density at radius 1 is 1.06 bits per heavy atom. The maximum absolute atomic E-state index is 4.63. The van der Waals surface area contributed by atoms with Crippen LogP contribution in [-0.4, -0.2) is 73.5 Å². The van der Waals surface area contributed by atoms with Crippen LogP contribution < -0.4 is 0 Å². The van der Waals surface area contributed by atoms with Crippen LogP contribution in [0.4, 0.5) is 0 Å². The summed E-state index contributed by atoms with van der Waals surface area (Å²) in [6.07, 6.45) is 5.54. The molecule has 0 aliphatic carbocycles. The van der Waals surface area contributed by atoms with E-state index in [1.54, 1.807) is 0 Å². The van der Waals surface area contributed by atoms with Gasteiger partial charge in [0.15, 0.2) is 5.96 Å². The predicted molar refractivity (Wildman–Crippen MR) is 74.9 cm³/mol. The first kappa shape index (κ1) is 12.3. The average Bonchev–Trinajstić information content (AvgIpc) is 3.02. The maximum atomic E-state index is 4.63. The average molecular weight is 250 g/mol. The van der Waals surface area contributed by atoms with E-state index in [-0.39, 0.29) is 0 Å². The second-order valence-corrected chi connectivity index (χ2v) is 6.04. The van der Waals surface area contributed by atoms with Gasteiger partial charge in [-0.2, -0.15) is 0 Å². The lowest BCUT2D eigenvalue weighted by Crippen LogP contribution is -2.45. The first-order valence-corrected chi connectivity index (χ1v) is 7.56. The van der Waals surface area contributed by atoms with Gasteiger partial charge in [0.2, 0.25) is 0 Å². The summed E-state index contributed by atoms with van der Waals surface area (Å²) in [6.45, 7) is 8.54. The van der Waals surface area contributed by atoms with E-state index in [9.17, 15) is 0 Å². The van der Waals surface area contributed by atoms with Crippen molar-refractivity contribution < 1.29 is 0 Å². The minimum absolute atomic E-state index is 0.923. The molecule has 0 bridgehead atoms. The van der Waals surface area contributed by atoms with Crippen LogP contribution in [0.15, 0.2) is 4.99 Å². The molecule has 0 aromatic rings. The predicted octanol–water partition coefficient (Wildman–Crippen LogP) is 1.10. The van der Waals surface area contributed by atoms with Crippen molar-refractivity contribution in [3.05, 3.63) is 0 Å². The van der Waals surface area contributed by atoms with E-state index in [1.165, 1.54) is 64.4 Å². The van der Waals surface area contributed by atoms with Crippen molar-refractivity contribution in [3.63, 3.8) is 0 Å². The third-order valence-electron chi connectivity index (χ3n) is 4.64. The summed E-state index contributed by atoms with van der Waals surface area (Å²) >= 11 is 0. The first-order valence-electron chi connectivity index (χ1n) is 7.56. The quantitative estimate of drug-likeness (QED) is 0.732. The van der Waals surface area contributed by atoms with Gasteiger partial charge in [-0.1, -0.05) is 0 Å². The van der Waals surface area contributed by atoms with Crippen LogP contribution in [0.1, 0.15) is 25.7 Å². The van der Waals surface area contributed by atoms with E-state index >= 15 is 0 Å². The normalized spacial score (nSPS) is 27.1. The molecule has 3 rings (SSSR count). The lowest BCUT2D eigenvalue weighted by molar-refractivity contribution is 0.193. The summed E-state index contributed by atoms with van der Waals surface area (Å²) in [5, 5.41) is 0. The van der Waals surface area contributed by atoms with Crippen molar-refractivity contribution in [1.82, 2.24) is 14.7 Å². The molecule has 102 valence electrons. The molecule has 2 fully saturated rings. The zero-order chi connectivity index (χ0) is 12.4. The van der Waals surface area contributed by atoms with Gasteiger partial charge in [0.05, 0.1) is 6.54 Å². The fourth-order valence-electron chi connectivity index (χ4n) is 3.51. The number of aliphatic imine (C=N–C) groups is 1. The molecule has 4 nitrogen and oxygen atoms in total. The van der Waals surface area contributed by atoms with Gasteiger partial charge >= 0.3 is 0 Å². The first-order chi connectivity index (χ1) is 8.83. The van der Waals surface area contributed by atoms with Gasteiger partial charge in [-0.3, -0.25) is 4.99 Å². The Balaban J connectivity index is 1.46. The highest BCUT2D eigenvalue weighted by Gasteiger charge is 2.26.